The molecule has 1 atom stereocenters. The fourth-order valence-corrected chi connectivity index (χ4v) is 3.77. The quantitative estimate of drug-likeness (QED) is 0.724. The van der Waals surface area contributed by atoms with Crippen LogP contribution in [-0.2, 0) is 6.42 Å². The zero-order valence-corrected chi connectivity index (χ0v) is 14.6. The zero-order valence-electron chi connectivity index (χ0n) is 14.6. The van der Waals surface area contributed by atoms with E-state index >= 15 is 0 Å². The van der Waals surface area contributed by atoms with Gasteiger partial charge in [0.1, 0.15) is 17.1 Å². The number of carbonyl (C=O) groups is 1. The van der Waals surface area contributed by atoms with E-state index in [9.17, 15) is 20.1 Å². The van der Waals surface area contributed by atoms with Crippen LogP contribution in [0.1, 0.15) is 53.2 Å². The molecule has 2 aromatic rings. The summed E-state index contributed by atoms with van der Waals surface area (Å²) in [7, 11) is 0. The predicted molar refractivity (Wildman–Crippen MR) is 97.0 cm³/mol. The van der Waals surface area contributed by atoms with Gasteiger partial charge in [0.2, 0.25) is 0 Å². The molecule has 26 heavy (non-hydrogen) atoms. The van der Waals surface area contributed by atoms with Crippen molar-refractivity contribution in [3.05, 3.63) is 52.6 Å². The Hall–Kier alpha value is -2.95. The molecule has 5 heteroatoms. The van der Waals surface area contributed by atoms with Gasteiger partial charge in [0.05, 0.1) is 5.56 Å². The number of rotatable bonds is 1. The number of phenols is 3. The lowest BCUT2D eigenvalue weighted by atomic mass is 9.78. The van der Waals surface area contributed by atoms with Crippen molar-refractivity contribution in [3.8, 4) is 23.0 Å². The van der Waals surface area contributed by atoms with Crippen LogP contribution >= 0.6 is 0 Å². The van der Waals surface area contributed by atoms with E-state index in [1.54, 1.807) is 6.07 Å². The zero-order chi connectivity index (χ0) is 18.6. The van der Waals surface area contributed by atoms with Gasteiger partial charge in [0.15, 0.2) is 17.3 Å². The van der Waals surface area contributed by atoms with Crippen molar-refractivity contribution in [2.45, 2.75) is 38.2 Å². The molecule has 1 heterocycles. The van der Waals surface area contributed by atoms with Crippen LogP contribution < -0.4 is 4.74 Å². The summed E-state index contributed by atoms with van der Waals surface area (Å²) in [4.78, 5) is 12.5. The van der Waals surface area contributed by atoms with E-state index in [-0.39, 0.29) is 40.9 Å². The minimum atomic E-state index is -0.485. The van der Waals surface area contributed by atoms with Crippen molar-refractivity contribution in [3.63, 3.8) is 0 Å². The Bertz CT molecular complexity index is 955. The first-order valence-corrected chi connectivity index (χ1v) is 8.57. The summed E-state index contributed by atoms with van der Waals surface area (Å²) in [5.74, 6) is -0.0718. The number of hydrogen-bond acceptors (Lipinski definition) is 5. The van der Waals surface area contributed by atoms with E-state index in [4.69, 9.17) is 4.74 Å². The highest BCUT2D eigenvalue weighted by Gasteiger charge is 2.31. The van der Waals surface area contributed by atoms with Crippen LogP contribution in [0.15, 0.2) is 30.3 Å². The van der Waals surface area contributed by atoms with E-state index in [1.165, 1.54) is 12.1 Å². The molecule has 1 aliphatic heterocycles. The SMILES string of the molecule is CC1(C)C=Cc2cc([C@@H]3CC(=O)c4c(O)cc(O)cc4C3)cc(O)c2O1. The first-order chi connectivity index (χ1) is 12.2. The standard InChI is InChI=1S/C21H20O5/c1-21(2)4-3-11-5-12(9-18(25)20(11)26-21)13-6-14-7-15(22)10-17(24)19(14)16(23)8-13/h3-5,7,9-10,13,22,24-25H,6,8H2,1-2H3/t13-/m0/s1. The largest absolute Gasteiger partial charge is 0.508 e. The molecule has 0 unspecified atom stereocenters. The normalized spacial score (nSPS) is 20.2. The molecule has 1 aliphatic carbocycles. The molecular weight excluding hydrogens is 332 g/mol. The number of benzene rings is 2. The Kier molecular flexibility index (Phi) is 3.51. The van der Waals surface area contributed by atoms with Gasteiger partial charge in [-0.2, -0.15) is 0 Å². The Balaban J connectivity index is 1.74. The van der Waals surface area contributed by atoms with Gasteiger partial charge in [0, 0.05) is 18.1 Å². The molecule has 4 rings (SSSR count). The predicted octanol–water partition coefficient (Wildman–Crippen LogP) is 3.90. The Labute approximate surface area is 151 Å². The maximum Gasteiger partial charge on any atom is 0.169 e. The second-order valence-corrected chi connectivity index (χ2v) is 7.52. The summed E-state index contributed by atoms with van der Waals surface area (Å²) in [5, 5.41) is 30.1. The summed E-state index contributed by atoms with van der Waals surface area (Å²) in [6.07, 6.45) is 4.57. The number of ether oxygens (including phenoxy) is 1. The molecule has 0 spiro atoms. The van der Waals surface area contributed by atoms with Gasteiger partial charge in [-0.15, -0.1) is 0 Å². The third-order valence-corrected chi connectivity index (χ3v) is 4.98. The molecule has 0 fully saturated rings. The molecule has 0 amide bonds. The Morgan fingerprint density at radius 1 is 1.04 bits per heavy atom. The topological polar surface area (TPSA) is 87.0 Å². The minimum absolute atomic E-state index is 0.0481. The smallest absolute Gasteiger partial charge is 0.169 e. The van der Waals surface area contributed by atoms with Gasteiger partial charge in [-0.25, -0.2) is 0 Å². The van der Waals surface area contributed by atoms with Gasteiger partial charge >= 0.3 is 0 Å². The van der Waals surface area contributed by atoms with Crippen molar-refractivity contribution < 1.29 is 24.9 Å². The molecule has 0 radical (unpaired) electrons. The van der Waals surface area contributed by atoms with Crippen LogP contribution in [0, 0.1) is 0 Å². The highest BCUT2D eigenvalue weighted by molar-refractivity contribution is 6.01. The first kappa shape index (κ1) is 16.5. The summed E-state index contributed by atoms with van der Waals surface area (Å²) in [5.41, 5.74) is 2.02. The average molecular weight is 352 g/mol. The van der Waals surface area contributed by atoms with Crippen LogP contribution in [0.25, 0.3) is 6.08 Å². The molecule has 0 aromatic heterocycles. The monoisotopic (exact) mass is 352 g/mol. The summed E-state index contributed by atoms with van der Waals surface area (Å²) in [6.45, 7) is 3.82. The number of phenolic OH excluding ortho intramolecular Hbond substituents is 3. The van der Waals surface area contributed by atoms with Crippen molar-refractivity contribution in [1.29, 1.82) is 0 Å². The van der Waals surface area contributed by atoms with E-state index in [0.717, 1.165) is 11.1 Å². The second kappa shape index (κ2) is 5.53. The number of fused-ring (bicyclic) bond motifs is 2. The molecule has 2 aliphatic rings. The van der Waals surface area contributed by atoms with Crippen LogP contribution in [-0.4, -0.2) is 26.7 Å². The molecule has 0 saturated heterocycles. The van der Waals surface area contributed by atoms with E-state index in [1.807, 2.05) is 32.1 Å². The van der Waals surface area contributed by atoms with Crippen LogP contribution in [0.4, 0.5) is 0 Å². The summed E-state index contributed by atoms with van der Waals surface area (Å²) in [6, 6.07) is 6.26. The second-order valence-electron chi connectivity index (χ2n) is 7.52. The number of aromatic hydroxyl groups is 3. The van der Waals surface area contributed by atoms with Gasteiger partial charge in [-0.3, -0.25) is 4.79 Å². The fraction of sp³-hybridized carbons (Fsp3) is 0.286. The highest BCUT2D eigenvalue weighted by atomic mass is 16.5. The van der Waals surface area contributed by atoms with Crippen LogP contribution in [0.2, 0.25) is 0 Å². The minimum Gasteiger partial charge on any atom is -0.508 e. The highest BCUT2D eigenvalue weighted by Crippen LogP contribution is 2.44. The number of Topliss-reactive ketones (excluding diaryl/α,β-unsaturated/α-hetero) is 1. The lowest BCUT2D eigenvalue weighted by molar-refractivity contribution is 0.0961. The molecule has 5 nitrogen and oxygen atoms in total. The lowest BCUT2D eigenvalue weighted by Gasteiger charge is -2.30. The van der Waals surface area contributed by atoms with Crippen molar-refractivity contribution in [2.75, 3.05) is 0 Å². The van der Waals surface area contributed by atoms with Gasteiger partial charge in [-0.1, -0.05) is 6.08 Å². The molecular formula is C21H20O5. The number of ketones is 1. The maximum atomic E-state index is 12.5. The van der Waals surface area contributed by atoms with Crippen molar-refractivity contribution >= 4 is 11.9 Å². The van der Waals surface area contributed by atoms with Crippen LogP contribution in [0.3, 0.4) is 0 Å². The Morgan fingerprint density at radius 2 is 1.81 bits per heavy atom. The van der Waals surface area contributed by atoms with E-state index in [0.29, 0.717) is 17.7 Å². The molecule has 2 aromatic carbocycles. The first-order valence-electron chi connectivity index (χ1n) is 8.57. The van der Waals surface area contributed by atoms with Gasteiger partial charge in [0.25, 0.3) is 0 Å². The van der Waals surface area contributed by atoms with Crippen molar-refractivity contribution in [1.82, 2.24) is 0 Å². The molecule has 0 bridgehead atoms. The molecule has 3 N–H and O–H groups in total. The number of carbonyl (C=O) groups excluding carboxylic acids is 1. The van der Waals surface area contributed by atoms with Gasteiger partial charge in [-0.05, 0) is 61.6 Å². The lowest BCUT2D eigenvalue weighted by Crippen LogP contribution is -2.27. The van der Waals surface area contributed by atoms with E-state index < -0.39 is 5.60 Å². The fourth-order valence-electron chi connectivity index (χ4n) is 3.77. The van der Waals surface area contributed by atoms with Crippen LogP contribution in [0.5, 0.6) is 23.0 Å². The van der Waals surface area contributed by atoms with E-state index in [2.05, 4.69) is 0 Å². The molecule has 134 valence electrons. The van der Waals surface area contributed by atoms with Gasteiger partial charge < -0.3 is 20.1 Å². The molecule has 0 saturated carbocycles. The summed E-state index contributed by atoms with van der Waals surface area (Å²) >= 11 is 0. The average Bonchev–Trinajstić information content (AvgIpc) is 2.53. The third-order valence-electron chi connectivity index (χ3n) is 4.98. The Morgan fingerprint density at radius 3 is 2.58 bits per heavy atom. The number of hydrogen-bond donors (Lipinski definition) is 3. The third kappa shape index (κ3) is 2.69. The maximum absolute atomic E-state index is 12.5. The summed E-state index contributed by atoms with van der Waals surface area (Å²) < 4.78 is 5.83. The van der Waals surface area contributed by atoms with Crippen molar-refractivity contribution in [2.24, 2.45) is 0 Å².